The van der Waals surface area contributed by atoms with Crippen molar-refractivity contribution in [3.8, 4) is 0 Å². The van der Waals surface area contributed by atoms with Crippen LogP contribution in [0, 0.1) is 5.82 Å². The van der Waals surface area contributed by atoms with E-state index in [1.54, 1.807) is 36.4 Å². The molecule has 1 N–H and O–H groups in total. The van der Waals surface area contributed by atoms with Crippen molar-refractivity contribution in [2.75, 3.05) is 13.1 Å². The molecule has 1 unspecified atom stereocenters. The maximum Gasteiger partial charge on any atom is 0.252 e. The second-order valence-corrected chi connectivity index (χ2v) is 7.54. The van der Waals surface area contributed by atoms with Crippen molar-refractivity contribution in [1.29, 1.82) is 0 Å². The Kier molecular flexibility index (Phi) is 5.58. The lowest BCUT2D eigenvalue weighted by atomic mass is 10.0. The number of thiocarbonyl (C=S) groups is 1. The molecule has 3 rings (SSSR count). The zero-order valence-electron chi connectivity index (χ0n) is 14.5. The van der Waals surface area contributed by atoms with Crippen LogP contribution in [0.2, 0.25) is 5.02 Å². The van der Waals surface area contributed by atoms with Crippen molar-refractivity contribution in [1.82, 2.24) is 10.2 Å². The van der Waals surface area contributed by atoms with Gasteiger partial charge in [0.05, 0.1) is 5.54 Å². The van der Waals surface area contributed by atoms with Gasteiger partial charge in [0.1, 0.15) is 10.8 Å². The van der Waals surface area contributed by atoms with Gasteiger partial charge >= 0.3 is 0 Å². The monoisotopic (exact) mass is 390 g/mol. The molecule has 0 bridgehead atoms. The van der Waals surface area contributed by atoms with Crippen LogP contribution in [0.5, 0.6) is 0 Å². The number of nitrogens with one attached hydrogen (secondary N) is 1. The second kappa shape index (κ2) is 7.72. The summed E-state index contributed by atoms with van der Waals surface area (Å²) in [6.45, 7) is 3.41. The summed E-state index contributed by atoms with van der Waals surface area (Å²) in [5, 5.41) is 3.57. The van der Waals surface area contributed by atoms with Gasteiger partial charge in [0.2, 0.25) is 0 Å². The number of rotatable bonds is 5. The Bertz CT molecular complexity index is 844. The molecule has 0 aromatic heterocycles. The van der Waals surface area contributed by atoms with E-state index in [1.807, 2.05) is 13.0 Å². The Hall–Kier alpha value is -1.98. The maximum atomic E-state index is 13.3. The minimum absolute atomic E-state index is 0.190. The highest BCUT2D eigenvalue weighted by Gasteiger charge is 2.40. The van der Waals surface area contributed by atoms with Crippen molar-refractivity contribution in [3.05, 3.63) is 70.5 Å². The Morgan fingerprint density at radius 2 is 2.08 bits per heavy atom. The summed E-state index contributed by atoms with van der Waals surface area (Å²) in [6, 6.07) is 13.4. The molecule has 3 nitrogen and oxygen atoms in total. The summed E-state index contributed by atoms with van der Waals surface area (Å²) in [5.74, 6) is -0.422. The highest BCUT2D eigenvalue weighted by molar-refractivity contribution is 7.80. The van der Waals surface area contributed by atoms with Gasteiger partial charge < -0.3 is 10.2 Å². The normalized spacial score (nSPS) is 19.7. The van der Waals surface area contributed by atoms with Crippen molar-refractivity contribution in [3.63, 3.8) is 0 Å². The number of likely N-dealkylation sites (tertiary alicyclic amines) is 1. The first-order chi connectivity index (χ1) is 12.4. The highest BCUT2D eigenvalue weighted by atomic mass is 35.5. The van der Waals surface area contributed by atoms with Crippen LogP contribution in [0.3, 0.4) is 0 Å². The van der Waals surface area contributed by atoms with E-state index in [1.165, 1.54) is 6.07 Å². The smallest absolute Gasteiger partial charge is 0.252 e. The minimum atomic E-state index is -0.573. The van der Waals surface area contributed by atoms with Crippen molar-refractivity contribution in [2.45, 2.75) is 25.3 Å². The average molecular weight is 391 g/mol. The topological polar surface area (TPSA) is 32.3 Å². The third-order valence-corrected chi connectivity index (χ3v) is 5.62. The van der Waals surface area contributed by atoms with Crippen molar-refractivity contribution < 1.29 is 9.18 Å². The zero-order valence-corrected chi connectivity index (χ0v) is 16.0. The molecule has 0 spiro atoms. The fourth-order valence-corrected chi connectivity index (χ4v) is 3.68. The van der Waals surface area contributed by atoms with Crippen LogP contribution in [-0.4, -0.2) is 34.4 Å². The fraction of sp³-hybridized carbons (Fsp3) is 0.300. The summed E-state index contributed by atoms with van der Waals surface area (Å²) in [5.41, 5.74) is 0.875. The van der Waals surface area contributed by atoms with E-state index in [0.717, 1.165) is 18.5 Å². The van der Waals surface area contributed by atoms with Gasteiger partial charge in [-0.25, -0.2) is 4.39 Å². The van der Waals surface area contributed by atoms with Gasteiger partial charge in [-0.1, -0.05) is 42.0 Å². The van der Waals surface area contributed by atoms with Gasteiger partial charge in [0.15, 0.2) is 0 Å². The molecule has 1 fully saturated rings. The quantitative estimate of drug-likeness (QED) is 0.775. The van der Waals surface area contributed by atoms with Gasteiger partial charge in [0.25, 0.3) is 5.91 Å². The van der Waals surface area contributed by atoms with Crippen LogP contribution in [0.15, 0.2) is 48.5 Å². The van der Waals surface area contributed by atoms with Crippen LogP contribution < -0.4 is 5.32 Å². The molecule has 0 radical (unpaired) electrons. The van der Waals surface area contributed by atoms with Gasteiger partial charge in [-0.05, 0) is 55.7 Å². The van der Waals surface area contributed by atoms with Crippen LogP contribution >= 0.6 is 23.8 Å². The number of benzene rings is 2. The molecule has 26 heavy (non-hydrogen) atoms. The van der Waals surface area contributed by atoms with E-state index < -0.39 is 5.54 Å². The lowest BCUT2D eigenvalue weighted by Crippen LogP contribution is -2.51. The Morgan fingerprint density at radius 3 is 2.81 bits per heavy atom. The molecule has 6 heteroatoms. The van der Waals surface area contributed by atoms with Crippen molar-refractivity contribution >= 4 is 34.7 Å². The molecule has 0 aliphatic carbocycles. The SMILES string of the molecule is CC1(NC(=O)c2cccc(Cl)c2)CCN(CCc2cccc(F)c2)C1=S. The van der Waals surface area contributed by atoms with Gasteiger partial charge in [-0.15, -0.1) is 0 Å². The van der Waals surface area contributed by atoms with E-state index in [0.29, 0.717) is 28.5 Å². The minimum Gasteiger partial charge on any atom is -0.364 e. The highest BCUT2D eigenvalue weighted by Crippen LogP contribution is 2.25. The molecule has 1 aliphatic rings. The molecular formula is C20H20ClFN2OS. The van der Waals surface area contributed by atoms with Gasteiger partial charge in [-0.3, -0.25) is 4.79 Å². The van der Waals surface area contributed by atoms with Crippen LogP contribution in [0.1, 0.15) is 29.3 Å². The molecule has 1 amide bonds. The first-order valence-electron chi connectivity index (χ1n) is 8.49. The summed E-state index contributed by atoms with van der Waals surface area (Å²) in [7, 11) is 0. The standard InChI is InChI=1S/C20H20ClFN2OS/c1-20(23-18(25)15-5-3-6-16(21)13-15)9-11-24(19(20)26)10-8-14-4-2-7-17(22)12-14/h2-7,12-13H,8-11H2,1H3,(H,23,25). The number of carbonyl (C=O) groups is 1. The lowest BCUT2D eigenvalue weighted by Gasteiger charge is -2.28. The zero-order chi connectivity index (χ0) is 18.7. The van der Waals surface area contributed by atoms with Crippen LogP contribution in [0.4, 0.5) is 4.39 Å². The van der Waals surface area contributed by atoms with Crippen molar-refractivity contribution in [2.24, 2.45) is 0 Å². The molecule has 0 saturated carbocycles. The number of amides is 1. The molecule has 1 atom stereocenters. The number of carbonyl (C=O) groups excluding carboxylic acids is 1. The molecule has 2 aromatic rings. The predicted octanol–water partition coefficient (Wildman–Crippen LogP) is 4.24. The van der Waals surface area contributed by atoms with Gasteiger partial charge in [0, 0.05) is 23.7 Å². The number of halogens is 2. The number of nitrogens with zero attached hydrogens (tertiary/aromatic N) is 1. The molecule has 1 heterocycles. The lowest BCUT2D eigenvalue weighted by molar-refractivity contribution is 0.0928. The van der Waals surface area contributed by atoms with E-state index in [4.69, 9.17) is 23.8 Å². The Balaban J connectivity index is 1.62. The van der Waals surface area contributed by atoms with Gasteiger partial charge in [-0.2, -0.15) is 0 Å². The summed E-state index contributed by atoms with van der Waals surface area (Å²) in [6.07, 6.45) is 1.44. The molecule has 136 valence electrons. The second-order valence-electron chi connectivity index (χ2n) is 6.72. The van der Waals surface area contributed by atoms with Crippen LogP contribution in [-0.2, 0) is 6.42 Å². The van der Waals surface area contributed by atoms with Crippen LogP contribution in [0.25, 0.3) is 0 Å². The summed E-state index contributed by atoms with van der Waals surface area (Å²) in [4.78, 5) is 15.3. The fourth-order valence-electron chi connectivity index (χ4n) is 3.15. The number of hydrogen-bond donors (Lipinski definition) is 1. The largest absolute Gasteiger partial charge is 0.364 e. The first kappa shape index (κ1) is 18.8. The third-order valence-electron chi connectivity index (χ3n) is 4.68. The van der Waals surface area contributed by atoms with E-state index >= 15 is 0 Å². The predicted molar refractivity (Wildman–Crippen MR) is 106 cm³/mol. The van der Waals surface area contributed by atoms with E-state index in [9.17, 15) is 9.18 Å². The molecular weight excluding hydrogens is 371 g/mol. The molecule has 1 aliphatic heterocycles. The summed E-state index contributed by atoms with van der Waals surface area (Å²) < 4.78 is 13.3. The molecule has 2 aromatic carbocycles. The third kappa shape index (κ3) is 4.22. The average Bonchev–Trinajstić information content (AvgIpc) is 2.88. The number of hydrogen-bond acceptors (Lipinski definition) is 2. The maximum absolute atomic E-state index is 13.3. The first-order valence-corrected chi connectivity index (χ1v) is 9.28. The Morgan fingerprint density at radius 1 is 1.31 bits per heavy atom. The van der Waals surface area contributed by atoms with E-state index in [-0.39, 0.29) is 11.7 Å². The molecule has 1 saturated heterocycles. The summed E-state index contributed by atoms with van der Waals surface area (Å²) >= 11 is 11.6. The Labute approximate surface area is 163 Å². The van der Waals surface area contributed by atoms with E-state index in [2.05, 4.69) is 10.2 Å².